The third kappa shape index (κ3) is 4.31. The molecule has 3 rings (SSSR count). The molecule has 25 heavy (non-hydrogen) atoms. The topological polar surface area (TPSA) is 71.1 Å². The summed E-state index contributed by atoms with van der Waals surface area (Å²) in [6.45, 7) is 3.83. The van der Waals surface area contributed by atoms with Gasteiger partial charge in [-0.3, -0.25) is 4.72 Å². The van der Waals surface area contributed by atoms with Gasteiger partial charge in [0.1, 0.15) is 10.0 Å². The highest BCUT2D eigenvalue weighted by Crippen LogP contribution is 2.25. The van der Waals surface area contributed by atoms with E-state index in [2.05, 4.69) is 15.0 Å². The van der Waals surface area contributed by atoms with Gasteiger partial charge in [0.15, 0.2) is 0 Å². The molecule has 8 heteroatoms. The van der Waals surface area contributed by atoms with Crippen molar-refractivity contribution in [1.82, 2.24) is 4.98 Å². The van der Waals surface area contributed by atoms with E-state index in [0.717, 1.165) is 16.1 Å². The number of rotatable bonds is 5. The number of thiophene rings is 1. The predicted octanol–water partition coefficient (Wildman–Crippen LogP) is 4.96. The molecule has 0 atom stereocenters. The summed E-state index contributed by atoms with van der Waals surface area (Å²) in [5.41, 5.74) is 2.28. The minimum absolute atomic E-state index is 0.279. The van der Waals surface area contributed by atoms with Gasteiger partial charge in [0.2, 0.25) is 0 Å². The molecule has 130 valence electrons. The first-order valence-electron chi connectivity index (χ1n) is 7.42. The van der Waals surface area contributed by atoms with Crippen molar-refractivity contribution < 1.29 is 8.42 Å². The zero-order chi connectivity index (χ0) is 18.0. The van der Waals surface area contributed by atoms with Crippen LogP contribution in [0.25, 0.3) is 0 Å². The number of anilines is 3. The van der Waals surface area contributed by atoms with Crippen LogP contribution in [0.2, 0.25) is 5.02 Å². The van der Waals surface area contributed by atoms with E-state index in [1.165, 1.54) is 17.5 Å². The van der Waals surface area contributed by atoms with Gasteiger partial charge in [0.25, 0.3) is 10.0 Å². The third-order valence-electron chi connectivity index (χ3n) is 3.46. The zero-order valence-electron chi connectivity index (χ0n) is 13.6. The van der Waals surface area contributed by atoms with Crippen molar-refractivity contribution >= 4 is 50.2 Å². The fourth-order valence-corrected chi connectivity index (χ4v) is 4.66. The summed E-state index contributed by atoms with van der Waals surface area (Å²) in [6.07, 6.45) is 1.47. The van der Waals surface area contributed by atoms with Crippen LogP contribution >= 0.6 is 22.9 Å². The fourth-order valence-electron chi connectivity index (χ4n) is 2.16. The van der Waals surface area contributed by atoms with Crippen LogP contribution in [-0.4, -0.2) is 13.4 Å². The number of hydrogen-bond acceptors (Lipinski definition) is 5. The van der Waals surface area contributed by atoms with E-state index < -0.39 is 10.0 Å². The summed E-state index contributed by atoms with van der Waals surface area (Å²) >= 11 is 7.23. The molecule has 0 fully saturated rings. The van der Waals surface area contributed by atoms with Crippen LogP contribution in [0.15, 0.2) is 52.9 Å². The molecular weight excluding hydrogens is 378 g/mol. The van der Waals surface area contributed by atoms with Gasteiger partial charge in [0.05, 0.1) is 11.9 Å². The summed E-state index contributed by atoms with van der Waals surface area (Å²) in [5.74, 6) is 0.597. The van der Waals surface area contributed by atoms with Crippen LogP contribution in [0.5, 0.6) is 0 Å². The molecule has 0 saturated heterocycles. The Hall–Kier alpha value is -2.09. The maximum Gasteiger partial charge on any atom is 0.271 e. The number of aryl methyl sites for hydroxylation is 2. The van der Waals surface area contributed by atoms with Crippen molar-refractivity contribution in [3.63, 3.8) is 0 Å². The molecule has 0 radical (unpaired) electrons. The number of benzene rings is 1. The third-order valence-corrected chi connectivity index (χ3v) is 6.57. The molecule has 0 spiro atoms. The SMILES string of the molecule is Cc1ccc(S(=O)(=O)Nc2ccc(Nc3cc(Cl)ccc3C)nc2)s1. The van der Waals surface area contributed by atoms with E-state index >= 15 is 0 Å². The van der Waals surface area contributed by atoms with Gasteiger partial charge in [-0.15, -0.1) is 11.3 Å². The molecule has 3 aromatic rings. The Morgan fingerprint density at radius 3 is 2.52 bits per heavy atom. The second-order valence-corrected chi connectivity index (χ2v) is 9.12. The highest BCUT2D eigenvalue weighted by atomic mass is 35.5. The van der Waals surface area contributed by atoms with Gasteiger partial charge in [-0.25, -0.2) is 13.4 Å². The van der Waals surface area contributed by atoms with Gasteiger partial charge in [-0.2, -0.15) is 0 Å². The molecule has 2 N–H and O–H groups in total. The smallest absolute Gasteiger partial charge is 0.271 e. The average Bonchev–Trinajstić information content (AvgIpc) is 3.00. The predicted molar refractivity (Wildman–Crippen MR) is 104 cm³/mol. The summed E-state index contributed by atoms with van der Waals surface area (Å²) in [4.78, 5) is 5.19. The van der Waals surface area contributed by atoms with Crippen molar-refractivity contribution in [3.05, 3.63) is 64.1 Å². The Morgan fingerprint density at radius 2 is 1.88 bits per heavy atom. The van der Waals surface area contributed by atoms with Gasteiger partial charge < -0.3 is 5.32 Å². The number of nitrogens with zero attached hydrogens (tertiary/aromatic N) is 1. The Balaban J connectivity index is 1.75. The van der Waals surface area contributed by atoms with E-state index in [9.17, 15) is 8.42 Å². The molecule has 5 nitrogen and oxygen atoms in total. The van der Waals surface area contributed by atoms with E-state index in [4.69, 9.17) is 11.6 Å². The van der Waals surface area contributed by atoms with Crippen molar-refractivity contribution in [1.29, 1.82) is 0 Å². The van der Waals surface area contributed by atoms with Crippen LogP contribution in [-0.2, 0) is 10.0 Å². The summed E-state index contributed by atoms with van der Waals surface area (Å²) < 4.78 is 27.4. The largest absolute Gasteiger partial charge is 0.340 e. The van der Waals surface area contributed by atoms with Gasteiger partial charge >= 0.3 is 0 Å². The van der Waals surface area contributed by atoms with Crippen LogP contribution < -0.4 is 10.0 Å². The molecule has 0 amide bonds. The zero-order valence-corrected chi connectivity index (χ0v) is 16.0. The van der Waals surface area contributed by atoms with Crippen molar-refractivity contribution in [2.24, 2.45) is 0 Å². The number of hydrogen-bond donors (Lipinski definition) is 2. The molecule has 2 heterocycles. The van der Waals surface area contributed by atoms with Gasteiger partial charge in [0, 0.05) is 15.6 Å². The summed E-state index contributed by atoms with van der Waals surface area (Å²) in [6, 6.07) is 12.3. The molecule has 0 bridgehead atoms. The first-order valence-corrected chi connectivity index (χ1v) is 10.1. The number of nitrogens with one attached hydrogen (secondary N) is 2. The standard InChI is InChI=1S/C17H16ClN3O2S2/c1-11-3-5-13(18)9-15(11)20-16-7-6-14(10-19-16)21-25(22,23)17-8-4-12(2)24-17/h3-10,21H,1-2H3,(H,19,20). The van der Waals surface area contributed by atoms with Crippen LogP contribution in [0.1, 0.15) is 10.4 Å². The van der Waals surface area contributed by atoms with Crippen molar-refractivity contribution in [2.45, 2.75) is 18.1 Å². The minimum atomic E-state index is -3.59. The average molecular weight is 394 g/mol. The van der Waals surface area contributed by atoms with Gasteiger partial charge in [-0.1, -0.05) is 17.7 Å². The molecule has 1 aromatic carbocycles. The molecule has 0 unspecified atom stereocenters. The van der Waals surface area contributed by atoms with E-state index in [1.54, 1.807) is 24.3 Å². The van der Waals surface area contributed by atoms with E-state index in [0.29, 0.717) is 16.5 Å². The van der Waals surface area contributed by atoms with Crippen molar-refractivity contribution in [3.8, 4) is 0 Å². The lowest BCUT2D eigenvalue weighted by Gasteiger charge is -2.10. The molecule has 0 aliphatic carbocycles. The minimum Gasteiger partial charge on any atom is -0.340 e. The first-order chi connectivity index (χ1) is 11.8. The fraction of sp³-hybridized carbons (Fsp3) is 0.118. The summed E-state index contributed by atoms with van der Waals surface area (Å²) in [7, 11) is -3.59. The second kappa shape index (κ2) is 7.03. The quantitative estimate of drug-likeness (QED) is 0.642. The monoisotopic (exact) mass is 393 g/mol. The van der Waals surface area contributed by atoms with Crippen molar-refractivity contribution in [2.75, 3.05) is 10.0 Å². The van der Waals surface area contributed by atoms with E-state index in [-0.39, 0.29) is 4.21 Å². The highest BCUT2D eigenvalue weighted by Gasteiger charge is 2.16. The first kappa shape index (κ1) is 17.7. The number of sulfonamides is 1. The number of aromatic nitrogens is 1. The van der Waals surface area contributed by atoms with Gasteiger partial charge in [-0.05, 0) is 55.8 Å². The number of pyridine rings is 1. The van der Waals surface area contributed by atoms with Crippen LogP contribution in [0.4, 0.5) is 17.2 Å². The molecule has 2 aromatic heterocycles. The Bertz CT molecular complexity index is 999. The highest BCUT2D eigenvalue weighted by molar-refractivity contribution is 7.94. The van der Waals surface area contributed by atoms with E-state index in [1.807, 2.05) is 32.0 Å². The van der Waals surface area contributed by atoms with Crippen LogP contribution in [0, 0.1) is 13.8 Å². The maximum atomic E-state index is 12.3. The molecular formula is C17H16ClN3O2S2. The lowest BCUT2D eigenvalue weighted by Crippen LogP contribution is -2.11. The van der Waals surface area contributed by atoms with Crippen LogP contribution in [0.3, 0.4) is 0 Å². The Labute approximate surface area is 155 Å². The lowest BCUT2D eigenvalue weighted by molar-refractivity contribution is 0.603. The second-order valence-electron chi connectivity index (χ2n) is 5.49. The maximum absolute atomic E-state index is 12.3. The lowest BCUT2D eigenvalue weighted by atomic mass is 10.2. The Kier molecular flexibility index (Phi) is 4.99. The normalized spacial score (nSPS) is 11.3. The Morgan fingerprint density at radius 1 is 1.08 bits per heavy atom. The summed E-state index contributed by atoms with van der Waals surface area (Å²) in [5, 5.41) is 3.80. The number of halogens is 1. The molecule has 0 saturated carbocycles. The molecule has 0 aliphatic heterocycles. The molecule has 0 aliphatic rings.